The van der Waals surface area contributed by atoms with E-state index in [2.05, 4.69) is 6.58 Å². The first-order chi connectivity index (χ1) is 8.30. The Hall–Kier alpha value is -1.73. The van der Waals surface area contributed by atoms with Crippen LogP contribution in [0.25, 0.3) is 0 Å². The molecule has 1 rings (SSSR count). The summed E-state index contributed by atoms with van der Waals surface area (Å²) in [6.07, 6.45) is 1.36. The summed E-state index contributed by atoms with van der Waals surface area (Å²) in [6.45, 7) is 3.42. The quantitative estimate of drug-likeness (QED) is 0.821. The summed E-state index contributed by atoms with van der Waals surface area (Å²) in [5.41, 5.74) is -0.308. The van der Waals surface area contributed by atoms with Crippen LogP contribution in [0.3, 0.4) is 0 Å². The molecule has 0 spiro atoms. The maximum absolute atomic E-state index is 13.6. The van der Waals surface area contributed by atoms with Crippen molar-refractivity contribution in [2.45, 2.75) is 4.90 Å². The van der Waals surface area contributed by atoms with Crippen molar-refractivity contribution in [2.24, 2.45) is 0 Å². The molecular weight excluding hydrogens is 261 g/mol. The number of likely N-dealkylation sites (N-methyl/N-ethyl adjacent to an activating group) is 1. The molecule has 7 heteroatoms. The third kappa shape index (κ3) is 2.74. The lowest BCUT2D eigenvalue weighted by Crippen LogP contribution is -2.27. The molecule has 0 amide bonds. The molecule has 0 saturated carbocycles. The molecular formula is C11H12FNO4S. The fraction of sp³-hybridized carbons (Fsp3) is 0.182. The molecule has 0 fully saturated rings. The van der Waals surface area contributed by atoms with Crippen molar-refractivity contribution in [2.75, 3.05) is 13.6 Å². The Morgan fingerprint density at radius 1 is 1.56 bits per heavy atom. The lowest BCUT2D eigenvalue weighted by Gasteiger charge is -2.15. The van der Waals surface area contributed by atoms with Gasteiger partial charge in [0.25, 0.3) is 0 Å². The van der Waals surface area contributed by atoms with E-state index in [1.807, 2.05) is 0 Å². The van der Waals surface area contributed by atoms with Crippen LogP contribution in [0.15, 0.2) is 35.7 Å². The van der Waals surface area contributed by atoms with Crippen LogP contribution in [0.4, 0.5) is 4.39 Å². The highest BCUT2D eigenvalue weighted by molar-refractivity contribution is 7.89. The number of nitrogens with zero attached hydrogens (tertiary/aromatic N) is 1. The van der Waals surface area contributed by atoms with Gasteiger partial charge in [-0.15, -0.1) is 6.58 Å². The third-order valence-electron chi connectivity index (χ3n) is 2.25. The van der Waals surface area contributed by atoms with E-state index in [0.717, 1.165) is 16.4 Å². The van der Waals surface area contributed by atoms with Gasteiger partial charge in [0.2, 0.25) is 10.0 Å². The number of carbonyl (C=O) groups is 1. The topological polar surface area (TPSA) is 74.7 Å². The van der Waals surface area contributed by atoms with Crippen molar-refractivity contribution in [3.63, 3.8) is 0 Å². The lowest BCUT2D eigenvalue weighted by atomic mass is 10.2. The molecule has 0 aromatic heterocycles. The molecule has 98 valence electrons. The standard InChI is InChI=1S/C11H12FNO4S/c1-3-6-13(2)18(16,17)10-5-4-8(11(14)15)7-9(10)12/h3-5,7H,1,6H2,2H3,(H,14,15). The van der Waals surface area contributed by atoms with Crippen molar-refractivity contribution in [1.29, 1.82) is 0 Å². The van der Waals surface area contributed by atoms with Crippen molar-refractivity contribution >= 4 is 16.0 Å². The van der Waals surface area contributed by atoms with Crippen LogP contribution < -0.4 is 0 Å². The Balaban J connectivity index is 3.26. The van der Waals surface area contributed by atoms with Crippen LogP contribution >= 0.6 is 0 Å². The number of rotatable bonds is 5. The highest BCUT2D eigenvalue weighted by Gasteiger charge is 2.24. The zero-order valence-electron chi connectivity index (χ0n) is 9.63. The van der Waals surface area contributed by atoms with E-state index in [4.69, 9.17) is 5.11 Å². The molecule has 0 aliphatic rings. The number of carboxylic acid groups (broad SMARTS) is 1. The smallest absolute Gasteiger partial charge is 0.335 e. The van der Waals surface area contributed by atoms with Crippen LogP contribution in [0.2, 0.25) is 0 Å². The second-order valence-corrected chi connectivity index (χ2v) is 5.54. The number of benzene rings is 1. The van der Waals surface area contributed by atoms with Gasteiger partial charge in [0, 0.05) is 13.6 Å². The van der Waals surface area contributed by atoms with Gasteiger partial charge < -0.3 is 5.11 Å². The molecule has 0 radical (unpaired) electrons. The number of halogens is 1. The summed E-state index contributed by atoms with van der Waals surface area (Å²) >= 11 is 0. The largest absolute Gasteiger partial charge is 0.478 e. The molecule has 0 atom stereocenters. The molecule has 1 N–H and O–H groups in total. The fourth-order valence-corrected chi connectivity index (χ4v) is 2.47. The summed E-state index contributed by atoms with van der Waals surface area (Å²) in [6, 6.07) is 2.66. The van der Waals surface area contributed by atoms with E-state index < -0.39 is 26.7 Å². The first-order valence-corrected chi connectivity index (χ1v) is 6.34. The zero-order valence-corrected chi connectivity index (χ0v) is 10.4. The minimum Gasteiger partial charge on any atom is -0.478 e. The maximum atomic E-state index is 13.6. The van der Waals surface area contributed by atoms with Gasteiger partial charge in [-0.2, -0.15) is 4.31 Å². The summed E-state index contributed by atoms with van der Waals surface area (Å²) in [5.74, 6) is -2.41. The molecule has 1 aromatic carbocycles. The minimum absolute atomic E-state index is 0.0302. The van der Waals surface area contributed by atoms with Gasteiger partial charge in [-0.05, 0) is 18.2 Å². The Morgan fingerprint density at radius 2 is 2.17 bits per heavy atom. The van der Waals surface area contributed by atoms with Crippen LogP contribution in [-0.4, -0.2) is 37.4 Å². The molecule has 1 aromatic rings. The van der Waals surface area contributed by atoms with Gasteiger partial charge >= 0.3 is 5.97 Å². The Bertz CT molecular complexity index is 583. The van der Waals surface area contributed by atoms with E-state index >= 15 is 0 Å². The second-order valence-electron chi connectivity index (χ2n) is 3.52. The highest BCUT2D eigenvalue weighted by atomic mass is 32.2. The monoisotopic (exact) mass is 273 g/mol. The number of aromatic carboxylic acids is 1. The van der Waals surface area contributed by atoms with Crippen molar-refractivity contribution in [1.82, 2.24) is 4.31 Å². The van der Waals surface area contributed by atoms with E-state index in [-0.39, 0.29) is 12.1 Å². The van der Waals surface area contributed by atoms with Crippen LogP contribution in [-0.2, 0) is 10.0 Å². The molecule has 0 saturated heterocycles. The Labute approximate surface area is 104 Å². The average molecular weight is 273 g/mol. The third-order valence-corrected chi connectivity index (χ3v) is 4.11. The minimum atomic E-state index is -3.98. The van der Waals surface area contributed by atoms with Crippen LogP contribution in [0, 0.1) is 5.82 Å². The van der Waals surface area contributed by atoms with Gasteiger partial charge in [-0.25, -0.2) is 17.6 Å². The molecule has 0 bridgehead atoms. The summed E-state index contributed by atoms with van der Waals surface area (Å²) in [7, 11) is -2.70. The van der Waals surface area contributed by atoms with Crippen molar-refractivity contribution < 1.29 is 22.7 Å². The SMILES string of the molecule is C=CCN(C)S(=O)(=O)c1ccc(C(=O)O)cc1F. The Kier molecular flexibility index (Phi) is 4.20. The van der Waals surface area contributed by atoms with Crippen molar-refractivity contribution in [3.05, 3.63) is 42.2 Å². The first kappa shape index (κ1) is 14.3. The second kappa shape index (κ2) is 5.28. The molecule has 0 heterocycles. The van der Waals surface area contributed by atoms with E-state index in [0.29, 0.717) is 6.07 Å². The van der Waals surface area contributed by atoms with Gasteiger partial charge in [0.1, 0.15) is 10.7 Å². The molecule has 0 aliphatic carbocycles. The molecule has 5 nitrogen and oxygen atoms in total. The Morgan fingerprint density at radius 3 is 2.61 bits per heavy atom. The molecule has 18 heavy (non-hydrogen) atoms. The van der Waals surface area contributed by atoms with Crippen molar-refractivity contribution in [3.8, 4) is 0 Å². The van der Waals surface area contributed by atoms with Crippen LogP contribution in [0.1, 0.15) is 10.4 Å². The number of carboxylic acids is 1. The lowest BCUT2D eigenvalue weighted by molar-refractivity contribution is 0.0696. The fourth-order valence-electron chi connectivity index (χ4n) is 1.29. The summed E-state index contributed by atoms with van der Waals surface area (Å²) in [5, 5.41) is 8.66. The molecule has 0 aliphatic heterocycles. The average Bonchev–Trinajstić information content (AvgIpc) is 2.28. The normalized spacial score (nSPS) is 11.5. The van der Waals surface area contributed by atoms with Gasteiger partial charge in [-0.1, -0.05) is 6.08 Å². The first-order valence-electron chi connectivity index (χ1n) is 4.90. The summed E-state index contributed by atoms with van der Waals surface area (Å²) < 4.78 is 38.4. The number of hydrogen-bond acceptors (Lipinski definition) is 3. The predicted molar refractivity (Wildman–Crippen MR) is 63.4 cm³/mol. The highest BCUT2D eigenvalue weighted by Crippen LogP contribution is 2.19. The summed E-state index contributed by atoms with van der Waals surface area (Å²) in [4.78, 5) is 10.1. The zero-order chi connectivity index (χ0) is 13.9. The van der Waals surface area contributed by atoms with E-state index in [9.17, 15) is 17.6 Å². The van der Waals surface area contributed by atoms with Gasteiger partial charge in [0.05, 0.1) is 5.56 Å². The molecule has 0 unspecified atom stereocenters. The van der Waals surface area contributed by atoms with Gasteiger partial charge in [-0.3, -0.25) is 0 Å². The van der Waals surface area contributed by atoms with Gasteiger partial charge in [0.15, 0.2) is 0 Å². The van der Waals surface area contributed by atoms with E-state index in [1.54, 1.807) is 0 Å². The van der Waals surface area contributed by atoms with Crippen LogP contribution in [0.5, 0.6) is 0 Å². The maximum Gasteiger partial charge on any atom is 0.335 e. The number of sulfonamides is 1. The number of hydrogen-bond donors (Lipinski definition) is 1. The predicted octanol–water partition coefficient (Wildman–Crippen LogP) is 1.33. The van der Waals surface area contributed by atoms with E-state index in [1.165, 1.54) is 13.1 Å².